The van der Waals surface area contributed by atoms with Crippen molar-refractivity contribution in [3.8, 4) is 17.2 Å². The lowest BCUT2D eigenvalue weighted by Gasteiger charge is -2.22. The molecule has 3 rings (SSSR count). The van der Waals surface area contributed by atoms with E-state index in [1.54, 1.807) is 37.0 Å². The van der Waals surface area contributed by atoms with Crippen molar-refractivity contribution < 1.29 is 14.3 Å². The van der Waals surface area contributed by atoms with Crippen molar-refractivity contribution in [3.05, 3.63) is 72.1 Å². The highest BCUT2D eigenvalue weighted by Gasteiger charge is 2.18. The zero-order valence-electron chi connectivity index (χ0n) is 17.5. The summed E-state index contributed by atoms with van der Waals surface area (Å²) < 4.78 is 12.5. The summed E-state index contributed by atoms with van der Waals surface area (Å²) in [6.45, 7) is 2.36. The Morgan fingerprint density at radius 2 is 1.90 bits per heavy atom. The Morgan fingerprint density at radius 1 is 1.17 bits per heavy atom. The Labute approximate surface area is 183 Å². The molecule has 0 aliphatic heterocycles. The zero-order valence-corrected chi connectivity index (χ0v) is 18.3. The maximum Gasteiger partial charge on any atom is 0.317 e. The Bertz CT molecular complexity index is 962. The second-order valence-electron chi connectivity index (χ2n) is 6.76. The van der Waals surface area contributed by atoms with E-state index < -0.39 is 0 Å². The molecule has 0 fully saturated rings. The van der Waals surface area contributed by atoms with Gasteiger partial charge in [0, 0.05) is 24.4 Å². The van der Waals surface area contributed by atoms with Gasteiger partial charge in [-0.05, 0) is 37.3 Å². The predicted octanol–water partition coefficient (Wildman–Crippen LogP) is 4.21. The molecule has 1 unspecified atom stereocenters. The lowest BCUT2D eigenvalue weighted by Crippen LogP contribution is -2.38. The number of hydrogen-bond acceptors (Lipinski definition) is 4. The molecule has 7 nitrogen and oxygen atoms in total. The fourth-order valence-electron chi connectivity index (χ4n) is 3.06. The number of aromatic nitrogens is 2. The Kier molecular flexibility index (Phi) is 8.12. The highest BCUT2D eigenvalue weighted by molar-refractivity contribution is 5.85. The summed E-state index contributed by atoms with van der Waals surface area (Å²) in [5.74, 6) is 1.41. The van der Waals surface area contributed by atoms with Gasteiger partial charge in [0.25, 0.3) is 0 Å². The third kappa shape index (κ3) is 5.45. The normalized spacial score (nSPS) is 11.2. The van der Waals surface area contributed by atoms with Gasteiger partial charge in [0.05, 0.1) is 38.7 Å². The van der Waals surface area contributed by atoms with Crippen molar-refractivity contribution in [3.63, 3.8) is 0 Å². The summed E-state index contributed by atoms with van der Waals surface area (Å²) in [5, 5.41) is 7.38. The SMILES string of the molecule is COc1ccc(OC)c(C(C)NC(=O)N(C)Cc2cnn(-c3ccccc3)c2)c1.Cl. The van der Waals surface area contributed by atoms with Gasteiger partial charge in [-0.1, -0.05) is 18.2 Å². The van der Waals surface area contributed by atoms with Crippen molar-refractivity contribution in [2.45, 2.75) is 19.5 Å². The number of amides is 2. The van der Waals surface area contributed by atoms with Crippen LogP contribution in [0.25, 0.3) is 5.69 Å². The monoisotopic (exact) mass is 430 g/mol. The zero-order chi connectivity index (χ0) is 20.8. The number of carbonyl (C=O) groups excluding carboxylic acids is 1. The highest BCUT2D eigenvalue weighted by Crippen LogP contribution is 2.29. The predicted molar refractivity (Wildman–Crippen MR) is 119 cm³/mol. The van der Waals surface area contributed by atoms with Crippen LogP contribution in [0.1, 0.15) is 24.1 Å². The van der Waals surface area contributed by atoms with E-state index in [1.165, 1.54) is 0 Å². The fourth-order valence-corrected chi connectivity index (χ4v) is 3.06. The molecule has 1 heterocycles. The van der Waals surface area contributed by atoms with Crippen LogP contribution in [0.3, 0.4) is 0 Å². The summed E-state index contributed by atoms with van der Waals surface area (Å²) in [5.41, 5.74) is 2.77. The van der Waals surface area contributed by atoms with Crippen LogP contribution in [0, 0.1) is 0 Å². The first-order chi connectivity index (χ1) is 14.0. The standard InChI is InChI=1S/C22H26N4O3.ClH/c1-16(20-12-19(28-3)10-11-21(20)29-4)24-22(27)25(2)14-17-13-23-26(15-17)18-8-6-5-7-9-18;/h5-13,15-16H,14H2,1-4H3,(H,24,27);1H. The van der Waals surface area contributed by atoms with E-state index in [2.05, 4.69) is 10.4 Å². The molecule has 0 spiro atoms. The number of benzene rings is 2. The molecule has 30 heavy (non-hydrogen) atoms. The summed E-state index contributed by atoms with van der Waals surface area (Å²) in [6.07, 6.45) is 3.69. The molecule has 2 aromatic carbocycles. The molecule has 0 saturated heterocycles. The van der Waals surface area contributed by atoms with Crippen LogP contribution in [-0.4, -0.2) is 42.0 Å². The van der Waals surface area contributed by atoms with Gasteiger partial charge in [-0.2, -0.15) is 5.10 Å². The molecular formula is C22H27ClN4O3. The van der Waals surface area contributed by atoms with E-state index in [0.717, 1.165) is 16.8 Å². The lowest BCUT2D eigenvalue weighted by atomic mass is 10.1. The van der Waals surface area contributed by atoms with E-state index >= 15 is 0 Å². The topological polar surface area (TPSA) is 68.6 Å². The minimum absolute atomic E-state index is 0. The largest absolute Gasteiger partial charge is 0.497 e. The molecule has 160 valence electrons. The quantitative estimate of drug-likeness (QED) is 0.609. The third-order valence-corrected chi connectivity index (χ3v) is 4.67. The second-order valence-corrected chi connectivity index (χ2v) is 6.76. The molecule has 0 bridgehead atoms. The van der Waals surface area contributed by atoms with Crippen LogP contribution in [0.5, 0.6) is 11.5 Å². The second kappa shape index (κ2) is 10.5. The maximum atomic E-state index is 12.7. The molecule has 0 aliphatic rings. The van der Waals surface area contributed by atoms with Gasteiger partial charge in [0.1, 0.15) is 11.5 Å². The van der Waals surface area contributed by atoms with Crippen LogP contribution in [-0.2, 0) is 6.54 Å². The molecular weight excluding hydrogens is 404 g/mol. The highest BCUT2D eigenvalue weighted by atomic mass is 35.5. The molecule has 3 aromatic rings. The summed E-state index contributed by atoms with van der Waals surface area (Å²) >= 11 is 0. The number of rotatable bonds is 7. The number of halogens is 1. The number of urea groups is 1. The van der Waals surface area contributed by atoms with Crippen molar-refractivity contribution in [2.24, 2.45) is 0 Å². The van der Waals surface area contributed by atoms with Crippen molar-refractivity contribution >= 4 is 18.4 Å². The molecule has 1 atom stereocenters. The minimum Gasteiger partial charge on any atom is -0.497 e. The van der Waals surface area contributed by atoms with Crippen LogP contribution in [0.2, 0.25) is 0 Å². The lowest BCUT2D eigenvalue weighted by molar-refractivity contribution is 0.203. The van der Waals surface area contributed by atoms with E-state index in [9.17, 15) is 4.79 Å². The molecule has 0 radical (unpaired) electrons. The van der Waals surface area contributed by atoms with E-state index in [4.69, 9.17) is 9.47 Å². The number of hydrogen-bond donors (Lipinski definition) is 1. The van der Waals surface area contributed by atoms with Gasteiger partial charge in [-0.15, -0.1) is 12.4 Å². The van der Waals surface area contributed by atoms with Crippen molar-refractivity contribution in [1.29, 1.82) is 0 Å². The summed E-state index contributed by atoms with van der Waals surface area (Å²) in [7, 11) is 4.97. The minimum atomic E-state index is -0.248. The number of methoxy groups -OCH3 is 2. The number of carbonyl (C=O) groups is 1. The molecule has 1 aromatic heterocycles. The fraction of sp³-hybridized carbons (Fsp3) is 0.273. The first kappa shape index (κ1) is 23.1. The van der Waals surface area contributed by atoms with Crippen molar-refractivity contribution in [2.75, 3.05) is 21.3 Å². The molecule has 0 aliphatic carbocycles. The summed E-state index contributed by atoms with van der Waals surface area (Å²) in [6, 6.07) is 14.9. The number of nitrogens with zero attached hydrogens (tertiary/aromatic N) is 3. The van der Waals surface area contributed by atoms with E-state index in [-0.39, 0.29) is 24.5 Å². The van der Waals surface area contributed by atoms with Crippen LogP contribution in [0.15, 0.2) is 60.9 Å². The van der Waals surface area contributed by atoms with Gasteiger partial charge in [-0.25, -0.2) is 9.48 Å². The van der Waals surface area contributed by atoms with E-state index in [1.807, 2.05) is 61.7 Å². The average Bonchev–Trinajstić information content (AvgIpc) is 3.22. The molecule has 8 heteroatoms. The number of ether oxygens (including phenoxy) is 2. The smallest absolute Gasteiger partial charge is 0.317 e. The first-order valence-electron chi connectivity index (χ1n) is 9.34. The van der Waals surface area contributed by atoms with E-state index in [0.29, 0.717) is 18.0 Å². The van der Waals surface area contributed by atoms with Gasteiger partial charge < -0.3 is 19.7 Å². The van der Waals surface area contributed by atoms with Crippen molar-refractivity contribution in [1.82, 2.24) is 20.0 Å². The maximum absolute atomic E-state index is 12.7. The molecule has 1 N–H and O–H groups in total. The number of para-hydroxylation sites is 1. The Morgan fingerprint density at radius 3 is 2.57 bits per heavy atom. The number of nitrogens with one attached hydrogen (secondary N) is 1. The molecule has 2 amide bonds. The summed E-state index contributed by atoms with van der Waals surface area (Å²) in [4.78, 5) is 14.3. The molecule has 0 saturated carbocycles. The Balaban J connectivity index is 0.00000320. The van der Waals surface area contributed by atoms with Crippen LogP contribution >= 0.6 is 12.4 Å². The van der Waals surface area contributed by atoms with Gasteiger partial charge in [-0.3, -0.25) is 0 Å². The first-order valence-corrected chi connectivity index (χ1v) is 9.34. The average molecular weight is 431 g/mol. The van der Waals surface area contributed by atoms with Gasteiger partial charge in [0.2, 0.25) is 0 Å². The Hall–Kier alpha value is -3.19. The van der Waals surface area contributed by atoms with Crippen LogP contribution < -0.4 is 14.8 Å². The van der Waals surface area contributed by atoms with Gasteiger partial charge in [0.15, 0.2) is 0 Å². The van der Waals surface area contributed by atoms with Crippen LogP contribution in [0.4, 0.5) is 4.79 Å². The van der Waals surface area contributed by atoms with Gasteiger partial charge >= 0.3 is 6.03 Å². The third-order valence-electron chi connectivity index (χ3n) is 4.67.